The van der Waals surface area contributed by atoms with Crippen LogP contribution in [0.5, 0.6) is 0 Å². The molecule has 1 rings (SSSR count). The number of nitrogens with one attached hydrogen (secondary N) is 1. The van der Waals surface area contributed by atoms with Gasteiger partial charge >= 0.3 is 6.09 Å². The largest absolute Gasteiger partial charge is 0.444 e. The summed E-state index contributed by atoms with van der Waals surface area (Å²) >= 11 is 0. The first kappa shape index (κ1) is 11.3. The Labute approximate surface area is 86.2 Å². The van der Waals surface area contributed by atoms with Crippen LogP contribution in [0.1, 0.15) is 46.5 Å². The van der Waals surface area contributed by atoms with E-state index in [4.69, 9.17) is 4.74 Å². The minimum absolute atomic E-state index is 0.288. The summed E-state index contributed by atoms with van der Waals surface area (Å²) < 4.78 is 5.15. The monoisotopic (exact) mass is 199 g/mol. The molecule has 0 radical (unpaired) electrons. The number of hydrogen-bond acceptors (Lipinski definition) is 2. The van der Waals surface area contributed by atoms with Crippen LogP contribution in [0.4, 0.5) is 4.79 Å². The summed E-state index contributed by atoms with van der Waals surface area (Å²) in [7, 11) is 0. The van der Waals surface area contributed by atoms with Crippen molar-refractivity contribution in [3.63, 3.8) is 0 Å². The van der Waals surface area contributed by atoms with Gasteiger partial charge in [-0.2, -0.15) is 0 Å². The number of carbonyl (C=O) groups excluding carboxylic acids is 1. The van der Waals surface area contributed by atoms with E-state index < -0.39 is 0 Å². The van der Waals surface area contributed by atoms with Crippen LogP contribution in [0.2, 0.25) is 0 Å². The maximum absolute atomic E-state index is 11.3. The molecule has 0 saturated heterocycles. The topological polar surface area (TPSA) is 38.3 Å². The standard InChI is InChI=1S/C11H21NO2/c1-11(2,3)14-10(13)12-8-9-6-4-5-7-9/h9H,4-8H2,1-3H3,(H,12,13). The minimum atomic E-state index is -0.389. The molecule has 0 aliphatic heterocycles. The molecule has 0 atom stereocenters. The van der Waals surface area contributed by atoms with Crippen molar-refractivity contribution in [1.29, 1.82) is 0 Å². The lowest BCUT2D eigenvalue weighted by Gasteiger charge is -2.20. The first-order valence-corrected chi connectivity index (χ1v) is 5.44. The van der Waals surface area contributed by atoms with E-state index in [1.165, 1.54) is 25.7 Å². The first-order chi connectivity index (χ1) is 6.47. The molecule has 3 nitrogen and oxygen atoms in total. The number of rotatable bonds is 2. The fraction of sp³-hybridized carbons (Fsp3) is 0.909. The van der Waals surface area contributed by atoms with Crippen LogP contribution in [0.25, 0.3) is 0 Å². The maximum atomic E-state index is 11.3. The van der Waals surface area contributed by atoms with Crippen LogP contribution in [0.3, 0.4) is 0 Å². The predicted molar refractivity (Wildman–Crippen MR) is 56.2 cm³/mol. The van der Waals surface area contributed by atoms with Crippen LogP contribution in [-0.2, 0) is 4.74 Å². The number of hydrogen-bond donors (Lipinski definition) is 1. The lowest BCUT2D eigenvalue weighted by Crippen LogP contribution is -2.34. The van der Waals surface area contributed by atoms with E-state index in [-0.39, 0.29) is 11.7 Å². The Morgan fingerprint density at radius 3 is 2.43 bits per heavy atom. The van der Waals surface area contributed by atoms with Crippen LogP contribution in [0.15, 0.2) is 0 Å². The van der Waals surface area contributed by atoms with Gasteiger partial charge in [0, 0.05) is 6.54 Å². The van der Waals surface area contributed by atoms with Gasteiger partial charge in [0.05, 0.1) is 0 Å². The van der Waals surface area contributed by atoms with Crippen molar-refractivity contribution in [3.8, 4) is 0 Å². The summed E-state index contributed by atoms with van der Waals surface area (Å²) in [6.45, 7) is 6.40. The molecule has 3 heteroatoms. The summed E-state index contributed by atoms with van der Waals surface area (Å²) in [6.07, 6.45) is 4.82. The molecule has 1 aliphatic carbocycles. The molecule has 0 aromatic carbocycles. The van der Waals surface area contributed by atoms with Gasteiger partial charge in [-0.05, 0) is 39.5 Å². The molecular formula is C11H21NO2. The Morgan fingerprint density at radius 2 is 1.93 bits per heavy atom. The summed E-state index contributed by atoms with van der Waals surface area (Å²) in [5.41, 5.74) is -0.389. The van der Waals surface area contributed by atoms with Crippen LogP contribution >= 0.6 is 0 Å². The highest BCUT2D eigenvalue weighted by Gasteiger charge is 2.19. The molecule has 82 valence electrons. The van der Waals surface area contributed by atoms with Gasteiger partial charge in [-0.1, -0.05) is 12.8 Å². The molecule has 1 fully saturated rings. The fourth-order valence-electron chi connectivity index (χ4n) is 1.76. The second-order valence-electron chi connectivity index (χ2n) is 5.03. The predicted octanol–water partition coefficient (Wildman–Crippen LogP) is 2.70. The molecule has 0 unspecified atom stereocenters. The van der Waals surface area contributed by atoms with Gasteiger partial charge in [0.15, 0.2) is 0 Å². The van der Waals surface area contributed by atoms with Gasteiger partial charge in [0.2, 0.25) is 0 Å². The zero-order chi connectivity index (χ0) is 10.6. The number of carbonyl (C=O) groups is 1. The second kappa shape index (κ2) is 4.67. The summed E-state index contributed by atoms with van der Waals surface area (Å²) in [5.74, 6) is 0.669. The fourth-order valence-corrected chi connectivity index (χ4v) is 1.76. The lowest BCUT2D eigenvalue weighted by atomic mass is 10.1. The molecule has 0 aromatic heterocycles. The van der Waals surface area contributed by atoms with Gasteiger partial charge in [0.25, 0.3) is 0 Å². The molecule has 14 heavy (non-hydrogen) atoms. The molecule has 1 N–H and O–H groups in total. The molecule has 1 amide bonds. The van der Waals surface area contributed by atoms with Crippen molar-refractivity contribution in [2.24, 2.45) is 5.92 Å². The normalized spacial score (nSPS) is 18.2. The number of amides is 1. The van der Waals surface area contributed by atoms with Crippen molar-refractivity contribution < 1.29 is 9.53 Å². The van der Waals surface area contributed by atoms with E-state index in [2.05, 4.69) is 5.32 Å². The third kappa shape index (κ3) is 4.49. The van der Waals surface area contributed by atoms with E-state index in [0.29, 0.717) is 5.92 Å². The Morgan fingerprint density at radius 1 is 1.36 bits per heavy atom. The third-order valence-corrected chi connectivity index (χ3v) is 2.41. The van der Waals surface area contributed by atoms with Gasteiger partial charge < -0.3 is 10.1 Å². The quantitative estimate of drug-likeness (QED) is 0.742. The van der Waals surface area contributed by atoms with E-state index in [1.54, 1.807) is 0 Å². The molecule has 1 aliphatic rings. The van der Waals surface area contributed by atoms with E-state index in [1.807, 2.05) is 20.8 Å². The Bertz CT molecular complexity index is 190. The van der Waals surface area contributed by atoms with E-state index in [0.717, 1.165) is 6.54 Å². The van der Waals surface area contributed by atoms with Crippen molar-refractivity contribution in [1.82, 2.24) is 5.32 Å². The first-order valence-electron chi connectivity index (χ1n) is 5.44. The van der Waals surface area contributed by atoms with Crippen molar-refractivity contribution in [2.45, 2.75) is 52.1 Å². The third-order valence-electron chi connectivity index (χ3n) is 2.41. The molecule has 1 saturated carbocycles. The number of alkyl carbamates (subject to hydrolysis) is 1. The van der Waals surface area contributed by atoms with Gasteiger partial charge in [0.1, 0.15) is 5.60 Å². The highest BCUT2D eigenvalue weighted by molar-refractivity contribution is 5.67. The lowest BCUT2D eigenvalue weighted by molar-refractivity contribution is 0.0519. The SMILES string of the molecule is CC(C)(C)OC(=O)NCC1CCCC1. The van der Waals surface area contributed by atoms with E-state index >= 15 is 0 Å². The molecule has 0 heterocycles. The molecule has 0 spiro atoms. The highest BCUT2D eigenvalue weighted by atomic mass is 16.6. The maximum Gasteiger partial charge on any atom is 0.407 e. The smallest absolute Gasteiger partial charge is 0.407 e. The summed E-state index contributed by atoms with van der Waals surface area (Å²) in [6, 6.07) is 0. The van der Waals surface area contributed by atoms with E-state index in [9.17, 15) is 4.79 Å². The molecular weight excluding hydrogens is 178 g/mol. The van der Waals surface area contributed by atoms with Crippen molar-refractivity contribution in [3.05, 3.63) is 0 Å². The zero-order valence-corrected chi connectivity index (χ0v) is 9.43. The van der Waals surface area contributed by atoms with Gasteiger partial charge in [-0.3, -0.25) is 0 Å². The molecule has 0 bridgehead atoms. The Balaban J connectivity index is 2.14. The Kier molecular flexibility index (Phi) is 3.78. The zero-order valence-electron chi connectivity index (χ0n) is 9.43. The van der Waals surface area contributed by atoms with Crippen molar-refractivity contribution >= 4 is 6.09 Å². The minimum Gasteiger partial charge on any atom is -0.444 e. The second-order valence-corrected chi connectivity index (χ2v) is 5.03. The van der Waals surface area contributed by atoms with Crippen LogP contribution in [-0.4, -0.2) is 18.2 Å². The average molecular weight is 199 g/mol. The number of ether oxygens (including phenoxy) is 1. The summed E-state index contributed by atoms with van der Waals surface area (Å²) in [4.78, 5) is 11.3. The van der Waals surface area contributed by atoms with Gasteiger partial charge in [-0.15, -0.1) is 0 Å². The van der Waals surface area contributed by atoms with Crippen LogP contribution < -0.4 is 5.32 Å². The van der Waals surface area contributed by atoms with Gasteiger partial charge in [-0.25, -0.2) is 4.79 Å². The highest BCUT2D eigenvalue weighted by Crippen LogP contribution is 2.23. The Hall–Kier alpha value is -0.730. The summed E-state index contributed by atoms with van der Waals surface area (Å²) in [5, 5.41) is 2.82. The van der Waals surface area contributed by atoms with Crippen LogP contribution in [0, 0.1) is 5.92 Å². The average Bonchev–Trinajstić information content (AvgIpc) is 2.49. The van der Waals surface area contributed by atoms with Crippen molar-refractivity contribution in [2.75, 3.05) is 6.54 Å². The molecule has 0 aromatic rings.